The first-order chi connectivity index (χ1) is 10.2. The van der Waals surface area contributed by atoms with E-state index in [2.05, 4.69) is 48.2 Å². The third-order valence-electron chi connectivity index (χ3n) is 5.43. The standard InChI is InChI=1S/C18H29N3/c1-20-11-6-12-21(2)17(13-20)18(19)16-10-4-3-9-15(16)14-7-5-8-14/h3-4,9-10,14,17-18H,5-8,11-13,19H2,1-2H3. The van der Waals surface area contributed by atoms with E-state index in [1.54, 1.807) is 0 Å². The molecule has 2 fully saturated rings. The largest absolute Gasteiger partial charge is 0.323 e. The zero-order chi connectivity index (χ0) is 14.8. The van der Waals surface area contributed by atoms with E-state index < -0.39 is 0 Å². The summed E-state index contributed by atoms with van der Waals surface area (Å²) in [6.45, 7) is 3.39. The minimum absolute atomic E-state index is 0.118. The third-order valence-corrected chi connectivity index (χ3v) is 5.43. The number of hydrogen-bond donors (Lipinski definition) is 1. The van der Waals surface area contributed by atoms with Crippen LogP contribution in [0.4, 0.5) is 0 Å². The Morgan fingerprint density at radius 1 is 1.10 bits per heavy atom. The molecule has 0 amide bonds. The normalized spacial score (nSPS) is 27.1. The summed E-state index contributed by atoms with van der Waals surface area (Å²) < 4.78 is 0. The molecule has 0 bridgehead atoms. The Morgan fingerprint density at radius 3 is 2.57 bits per heavy atom. The second-order valence-corrected chi connectivity index (χ2v) is 6.95. The van der Waals surface area contributed by atoms with Gasteiger partial charge in [-0.2, -0.15) is 0 Å². The monoisotopic (exact) mass is 287 g/mol. The van der Waals surface area contributed by atoms with Crippen LogP contribution in [0, 0.1) is 0 Å². The molecule has 0 spiro atoms. The summed E-state index contributed by atoms with van der Waals surface area (Å²) in [5.74, 6) is 0.751. The summed E-state index contributed by atoms with van der Waals surface area (Å²) in [6, 6.07) is 9.42. The van der Waals surface area contributed by atoms with Crippen molar-refractivity contribution in [2.45, 2.75) is 43.7 Å². The maximum atomic E-state index is 6.74. The molecule has 1 saturated carbocycles. The Hall–Kier alpha value is -0.900. The first-order valence-electron chi connectivity index (χ1n) is 8.40. The molecule has 1 saturated heterocycles. The lowest BCUT2D eigenvalue weighted by molar-refractivity contribution is 0.195. The Bertz CT molecular complexity index is 469. The van der Waals surface area contributed by atoms with Crippen LogP contribution in [0.15, 0.2) is 24.3 Å². The third kappa shape index (κ3) is 3.15. The molecule has 2 unspecified atom stereocenters. The molecule has 1 aliphatic carbocycles. The van der Waals surface area contributed by atoms with Gasteiger partial charge in [-0.15, -0.1) is 0 Å². The average Bonchev–Trinajstić information content (AvgIpc) is 2.58. The first kappa shape index (κ1) is 15.0. The first-order valence-corrected chi connectivity index (χ1v) is 8.40. The van der Waals surface area contributed by atoms with Gasteiger partial charge in [0.2, 0.25) is 0 Å². The van der Waals surface area contributed by atoms with Crippen molar-refractivity contribution in [2.75, 3.05) is 33.7 Å². The molecule has 116 valence electrons. The molecule has 1 aliphatic heterocycles. The zero-order valence-electron chi connectivity index (χ0n) is 13.5. The molecule has 3 rings (SSSR count). The lowest BCUT2D eigenvalue weighted by Gasteiger charge is -2.36. The van der Waals surface area contributed by atoms with E-state index >= 15 is 0 Å². The Balaban J connectivity index is 1.84. The van der Waals surface area contributed by atoms with Gasteiger partial charge in [-0.1, -0.05) is 30.7 Å². The highest BCUT2D eigenvalue weighted by molar-refractivity contribution is 5.35. The van der Waals surface area contributed by atoms with Crippen molar-refractivity contribution in [3.05, 3.63) is 35.4 Å². The lowest BCUT2D eigenvalue weighted by atomic mass is 9.76. The molecule has 1 aromatic carbocycles. The molecular formula is C18H29N3. The summed E-state index contributed by atoms with van der Waals surface area (Å²) in [6.07, 6.45) is 5.29. The quantitative estimate of drug-likeness (QED) is 0.927. The summed E-state index contributed by atoms with van der Waals surface area (Å²) in [4.78, 5) is 4.89. The maximum Gasteiger partial charge on any atom is 0.0468 e. The van der Waals surface area contributed by atoms with E-state index in [4.69, 9.17) is 5.73 Å². The lowest BCUT2D eigenvalue weighted by Crippen LogP contribution is -2.45. The highest BCUT2D eigenvalue weighted by atomic mass is 15.2. The van der Waals surface area contributed by atoms with E-state index in [1.165, 1.54) is 43.4 Å². The van der Waals surface area contributed by atoms with E-state index in [0.717, 1.165) is 19.0 Å². The molecule has 2 atom stereocenters. The van der Waals surface area contributed by atoms with Crippen molar-refractivity contribution in [3.8, 4) is 0 Å². The van der Waals surface area contributed by atoms with Crippen LogP contribution in [0.3, 0.4) is 0 Å². The second kappa shape index (κ2) is 6.47. The van der Waals surface area contributed by atoms with E-state index in [9.17, 15) is 0 Å². The minimum Gasteiger partial charge on any atom is -0.323 e. The van der Waals surface area contributed by atoms with Gasteiger partial charge in [-0.25, -0.2) is 0 Å². The predicted octanol–water partition coefficient (Wildman–Crippen LogP) is 2.59. The Kier molecular flexibility index (Phi) is 4.63. The number of hydrogen-bond acceptors (Lipinski definition) is 3. The molecule has 0 radical (unpaired) electrons. The molecule has 0 aromatic heterocycles. The van der Waals surface area contributed by atoms with Gasteiger partial charge in [0.25, 0.3) is 0 Å². The average molecular weight is 287 g/mol. The molecule has 2 N–H and O–H groups in total. The number of nitrogens with zero attached hydrogens (tertiary/aromatic N) is 2. The SMILES string of the molecule is CN1CCCN(C)C(C(N)c2ccccc2C2CCC2)C1. The molecule has 1 heterocycles. The van der Waals surface area contributed by atoms with Crippen molar-refractivity contribution in [1.29, 1.82) is 0 Å². The molecule has 3 nitrogen and oxygen atoms in total. The fourth-order valence-electron chi connectivity index (χ4n) is 3.81. The summed E-state index contributed by atoms with van der Waals surface area (Å²) in [5.41, 5.74) is 9.64. The highest BCUT2D eigenvalue weighted by Crippen LogP contribution is 2.40. The number of rotatable bonds is 3. The van der Waals surface area contributed by atoms with Crippen LogP contribution in [0.25, 0.3) is 0 Å². The van der Waals surface area contributed by atoms with Crippen LogP contribution < -0.4 is 5.73 Å². The highest BCUT2D eigenvalue weighted by Gasteiger charge is 2.30. The maximum absolute atomic E-state index is 6.74. The summed E-state index contributed by atoms with van der Waals surface area (Å²) >= 11 is 0. The minimum atomic E-state index is 0.118. The smallest absolute Gasteiger partial charge is 0.0468 e. The predicted molar refractivity (Wildman–Crippen MR) is 88.5 cm³/mol. The van der Waals surface area contributed by atoms with E-state index in [-0.39, 0.29) is 6.04 Å². The van der Waals surface area contributed by atoms with Crippen LogP contribution >= 0.6 is 0 Å². The van der Waals surface area contributed by atoms with Crippen molar-refractivity contribution in [1.82, 2.24) is 9.80 Å². The fraction of sp³-hybridized carbons (Fsp3) is 0.667. The second-order valence-electron chi connectivity index (χ2n) is 6.95. The van der Waals surface area contributed by atoms with Gasteiger partial charge in [0.1, 0.15) is 0 Å². The van der Waals surface area contributed by atoms with Crippen LogP contribution in [0.2, 0.25) is 0 Å². The van der Waals surface area contributed by atoms with Crippen LogP contribution in [0.5, 0.6) is 0 Å². The van der Waals surface area contributed by atoms with Crippen molar-refractivity contribution < 1.29 is 0 Å². The van der Waals surface area contributed by atoms with Crippen molar-refractivity contribution in [2.24, 2.45) is 5.73 Å². The van der Waals surface area contributed by atoms with Gasteiger partial charge in [0.05, 0.1) is 0 Å². The van der Waals surface area contributed by atoms with Crippen molar-refractivity contribution >= 4 is 0 Å². The molecule has 2 aliphatic rings. The molecule has 3 heteroatoms. The van der Waals surface area contributed by atoms with E-state index in [0.29, 0.717) is 6.04 Å². The summed E-state index contributed by atoms with van der Waals surface area (Å²) in [5, 5.41) is 0. The fourth-order valence-corrected chi connectivity index (χ4v) is 3.81. The van der Waals surface area contributed by atoms with Gasteiger partial charge in [0.15, 0.2) is 0 Å². The zero-order valence-corrected chi connectivity index (χ0v) is 13.5. The summed E-state index contributed by atoms with van der Waals surface area (Å²) in [7, 11) is 4.45. The van der Waals surface area contributed by atoms with Crippen LogP contribution in [-0.4, -0.2) is 49.6 Å². The molecule has 21 heavy (non-hydrogen) atoms. The Labute approximate surface area is 129 Å². The molecule has 1 aromatic rings. The van der Waals surface area contributed by atoms with E-state index in [1.807, 2.05) is 0 Å². The van der Waals surface area contributed by atoms with Crippen LogP contribution in [0.1, 0.15) is 48.8 Å². The van der Waals surface area contributed by atoms with Crippen molar-refractivity contribution in [3.63, 3.8) is 0 Å². The van der Waals surface area contributed by atoms with Gasteiger partial charge in [-0.05, 0) is 63.5 Å². The number of likely N-dealkylation sites (N-methyl/N-ethyl adjacent to an activating group) is 2. The molecular weight excluding hydrogens is 258 g/mol. The van der Waals surface area contributed by atoms with Gasteiger partial charge in [0, 0.05) is 18.6 Å². The Morgan fingerprint density at radius 2 is 1.86 bits per heavy atom. The van der Waals surface area contributed by atoms with Gasteiger partial charge in [-0.3, -0.25) is 0 Å². The van der Waals surface area contributed by atoms with Gasteiger partial charge < -0.3 is 15.5 Å². The topological polar surface area (TPSA) is 32.5 Å². The van der Waals surface area contributed by atoms with Crippen LogP contribution in [-0.2, 0) is 0 Å². The van der Waals surface area contributed by atoms with Gasteiger partial charge >= 0.3 is 0 Å². The number of nitrogens with two attached hydrogens (primary N) is 1. The number of benzene rings is 1.